The van der Waals surface area contributed by atoms with Crippen LogP contribution in [0.25, 0.3) is 0 Å². The molecule has 1 heterocycles. The zero-order valence-corrected chi connectivity index (χ0v) is 11.7. The number of aromatic nitrogens is 1. The maximum absolute atomic E-state index is 11.2. The van der Waals surface area contributed by atoms with E-state index < -0.39 is 9.05 Å². The molecule has 1 aromatic heterocycles. The molecule has 0 aromatic carbocycles. The molecule has 0 amide bonds. The second-order valence-corrected chi connectivity index (χ2v) is 8.15. The molecule has 0 bridgehead atoms. The predicted octanol–water partition coefficient (Wildman–Crippen LogP) is 2.92. The Hall–Kier alpha value is -0.550. The molecule has 0 spiro atoms. The second kappa shape index (κ2) is 3.99. The standard InChI is InChI=1S/C11H16ClNO3S/c1-7-4-5-11(2,3)9-8(6-17(12,14)15)13-16-10(7)9/h7H,4-6H2,1-3H3. The molecule has 6 heteroatoms. The molecule has 0 saturated carbocycles. The Kier molecular flexibility index (Phi) is 3.02. The first-order valence-corrected chi connectivity index (χ1v) is 8.10. The van der Waals surface area contributed by atoms with Crippen LogP contribution >= 0.6 is 10.7 Å². The van der Waals surface area contributed by atoms with Gasteiger partial charge in [-0.1, -0.05) is 25.9 Å². The quantitative estimate of drug-likeness (QED) is 0.780. The van der Waals surface area contributed by atoms with Gasteiger partial charge < -0.3 is 4.52 Å². The molecule has 0 radical (unpaired) electrons. The van der Waals surface area contributed by atoms with Crippen LogP contribution in [0.2, 0.25) is 0 Å². The van der Waals surface area contributed by atoms with Crippen LogP contribution < -0.4 is 0 Å². The van der Waals surface area contributed by atoms with Crippen molar-refractivity contribution in [1.82, 2.24) is 5.16 Å². The molecule has 0 aliphatic heterocycles. The normalized spacial score (nSPS) is 23.4. The number of hydrogen-bond donors (Lipinski definition) is 0. The third kappa shape index (κ3) is 2.50. The van der Waals surface area contributed by atoms with Crippen molar-refractivity contribution in [3.8, 4) is 0 Å². The maximum Gasteiger partial charge on any atom is 0.238 e. The summed E-state index contributed by atoms with van der Waals surface area (Å²) in [5.74, 6) is 0.845. The van der Waals surface area contributed by atoms with E-state index in [0.717, 1.165) is 24.2 Å². The van der Waals surface area contributed by atoms with Crippen LogP contribution in [0.15, 0.2) is 4.52 Å². The third-order valence-electron chi connectivity index (χ3n) is 3.42. The van der Waals surface area contributed by atoms with Crippen LogP contribution in [0, 0.1) is 0 Å². The lowest BCUT2D eigenvalue weighted by molar-refractivity contribution is 0.314. The lowest BCUT2D eigenvalue weighted by atomic mass is 9.71. The van der Waals surface area contributed by atoms with Crippen molar-refractivity contribution < 1.29 is 12.9 Å². The van der Waals surface area contributed by atoms with Gasteiger partial charge in [0, 0.05) is 22.2 Å². The van der Waals surface area contributed by atoms with E-state index in [4.69, 9.17) is 15.2 Å². The number of nitrogens with zero attached hydrogens (tertiary/aromatic N) is 1. The zero-order chi connectivity index (χ0) is 12.8. The maximum atomic E-state index is 11.2. The van der Waals surface area contributed by atoms with E-state index in [1.54, 1.807) is 0 Å². The predicted molar refractivity (Wildman–Crippen MR) is 65.7 cm³/mol. The Morgan fingerprint density at radius 2 is 2.18 bits per heavy atom. The molecule has 0 N–H and O–H groups in total. The Labute approximate surface area is 106 Å². The molecule has 0 saturated heterocycles. The van der Waals surface area contributed by atoms with Gasteiger partial charge in [-0.2, -0.15) is 0 Å². The smallest absolute Gasteiger partial charge is 0.238 e. The highest BCUT2D eigenvalue weighted by atomic mass is 35.7. The number of fused-ring (bicyclic) bond motifs is 1. The SMILES string of the molecule is CC1CCC(C)(C)c2c(CS(=O)(=O)Cl)noc21. The molecule has 2 rings (SSSR count). The fourth-order valence-corrected chi connectivity index (χ4v) is 3.33. The van der Waals surface area contributed by atoms with Crippen molar-refractivity contribution in [3.63, 3.8) is 0 Å². The van der Waals surface area contributed by atoms with E-state index in [2.05, 4.69) is 25.9 Å². The molecule has 96 valence electrons. The molecule has 0 fully saturated rings. The first-order chi connectivity index (χ1) is 7.71. The highest BCUT2D eigenvalue weighted by Gasteiger charge is 2.38. The Morgan fingerprint density at radius 1 is 1.53 bits per heavy atom. The summed E-state index contributed by atoms with van der Waals surface area (Å²) in [5, 5.41) is 3.89. The van der Waals surface area contributed by atoms with Gasteiger partial charge in [-0.25, -0.2) is 8.42 Å². The highest BCUT2D eigenvalue weighted by molar-refractivity contribution is 8.13. The van der Waals surface area contributed by atoms with E-state index in [0.29, 0.717) is 5.69 Å². The van der Waals surface area contributed by atoms with Gasteiger partial charge in [-0.05, 0) is 18.3 Å². The molecule has 1 unspecified atom stereocenters. The van der Waals surface area contributed by atoms with Gasteiger partial charge in [0.1, 0.15) is 17.2 Å². The van der Waals surface area contributed by atoms with E-state index >= 15 is 0 Å². The summed E-state index contributed by atoms with van der Waals surface area (Å²) in [6.07, 6.45) is 2.03. The van der Waals surface area contributed by atoms with Crippen LogP contribution in [0.4, 0.5) is 0 Å². The van der Waals surface area contributed by atoms with Crippen molar-refractivity contribution in [2.45, 2.75) is 50.7 Å². The number of halogens is 1. The largest absolute Gasteiger partial charge is 0.361 e. The molecular formula is C11H16ClNO3S. The molecule has 1 aliphatic rings. The van der Waals surface area contributed by atoms with Crippen molar-refractivity contribution in [2.24, 2.45) is 0 Å². The first-order valence-electron chi connectivity index (χ1n) is 5.62. The summed E-state index contributed by atoms with van der Waals surface area (Å²) in [6.45, 7) is 6.23. The summed E-state index contributed by atoms with van der Waals surface area (Å²) in [7, 11) is 1.69. The van der Waals surface area contributed by atoms with Gasteiger partial charge in [0.15, 0.2) is 0 Å². The molecule has 17 heavy (non-hydrogen) atoms. The minimum Gasteiger partial charge on any atom is -0.361 e. The van der Waals surface area contributed by atoms with Crippen molar-refractivity contribution in [1.29, 1.82) is 0 Å². The molecule has 1 atom stereocenters. The van der Waals surface area contributed by atoms with Crippen LogP contribution in [0.1, 0.15) is 56.5 Å². The molecule has 1 aromatic rings. The minimum atomic E-state index is -3.60. The van der Waals surface area contributed by atoms with Crippen molar-refractivity contribution >= 4 is 19.7 Å². The summed E-state index contributed by atoms with van der Waals surface area (Å²) in [4.78, 5) is 0. The van der Waals surface area contributed by atoms with Gasteiger partial charge in [0.05, 0.1) is 0 Å². The average Bonchev–Trinajstić information content (AvgIpc) is 2.55. The monoisotopic (exact) mass is 277 g/mol. The van der Waals surface area contributed by atoms with Gasteiger partial charge in [0.25, 0.3) is 0 Å². The summed E-state index contributed by atoms with van der Waals surface area (Å²) in [6, 6.07) is 0. The van der Waals surface area contributed by atoms with Crippen LogP contribution in [-0.2, 0) is 20.2 Å². The third-order valence-corrected chi connectivity index (χ3v) is 4.37. The van der Waals surface area contributed by atoms with E-state index in [9.17, 15) is 8.42 Å². The lowest BCUT2D eigenvalue weighted by Crippen LogP contribution is -2.25. The Bertz CT molecular complexity index is 533. The second-order valence-electron chi connectivity index (χ2n) is 5.38. The highest BCUT2D eigenvalue weighted by Crippen LogP contribution is 2.44. The topological polar surface area (TPSA) is 60.2 Å². The average molecular weight is 278 g/mol. The first kappa shape index (κ1) is 12.9. The van der Waals surface area contributed by atoms with Crippen LogP contribution in [0.3, 0.4) is 0 Å². The number of hydrogen-bond acceptors (Lipinski definition) is 4. The van der Waals surface area contributed by atoms with E-state index in [1.165, 1.54) is 0 Å². The molecule has 1 aliphatic carbocycles. The summed E-state index contributed by atoms with van der Waals surface area (Å²) in [5.41, 5.74) is 1.30. The molecular weight excluding hydrogens is 262 g/mol. The fourth-order valence-electron chi connectivity index (χ4n) is 2.49. The number of rotatable bonds is 2. The summed E-state index contributed by atoms with van der Waals surface area (Å²) < 4.78 is 27.6. The molecule has 4 nitrogen and oxygen atoms in total. The fraction of sp³-hybridized carbons (Fsp3) is 0.727. The Balaban J connectivity index is 2.51. The van der Waals surface area contributed by atoms with Gasteiger partial charge in [-0.3, -0.25) is 0 Å². The van der Waals surface area contributed by atoms with E-state index in [-0.39, 0.29) is 17.1 Å². The lowest BCUT2D eigenvalue weighted by Gasteiger charge is -2.32. The van der Waals surface area contributed by atoms with Gasteiger partial charge in [0.2, 0.25) is 9.05 Å². The van der Waals surface area contributed by atoms with E-state index in [1.807, 2.05) is 0 Å². The Morgan fingerprint density at radius 3 is 2.76 bits per heavy atom. The van der Waals surface area contributed by atoms with Crippen molar-refractivity contribution in [3.05, 3.63) is 17.0 Å². The van der Waals surface area contributed by atoms with Crippen LogP contribution in [-0.4, -0.2) is 13.6 Å². The summed E-state index contributed by atoms with van der Waals surface area (Å²) >= 11 is 0. The van der Waals surface area contributed by atoms with Crippen LogP contribution in [0.5, 0.6) is 0 Å². The minimum absolute atomic E-state index is 0.0985. The zero-order valence-electron chi connectivity index (χ0n) is 10.2. The van der Waals surface area contributed by atoms with Gasteiger partial charge in [-0.15, -0.1) is 0 Å². The van der Waals surface area contributed by atoms with Crippen molar-refractivity contribution in [2.75, 3.05) is 0 Å². The van der Waals surface area contributed by atoms with Gasteiger partial charge >= 0.3 is 0 Å².